The van der Waals surface area contributed by atoms with Crippen LogP contribution in [-0.2, 0) is 4.43 Å². The van der Waals surface area contributed by atoms with E-state index in [0.29, 0.717) is 0 Å². The molecule has 1 rings (SSSR count). The number of unbranched alkanes of at least 4 members (excludes halogenated alkanes) is 3. The van der Waals surface area contributed by atoms with Crippen molar-refractivity contribution < 1.29 is 4.43 Å². The van der Waals surface area contributed by atoms with Crippen LogP contribution in [0.2, 0.25) is 31.4 Å². The Morgan fingerprint density at radius 1 is 0.867 bits per heavy atom. The molecule has 0 aliphatic carbocycles. The minimum absolute atomic E-state index is 0.105. The van der Waals surface area contributed by atoms with Crippen LogP contribution in [0.1, 0.15) is 91.7 Å². The zero-order valence-electron chi connectivity index (χ0n) is 21.4. The molecule has 3 heteroatoms. The molecule has 0 aliphatic heterocycles. The summed E-state index contributed by atoms with van der Waals surface area (Å²) in [5.74, 6) is 0. The summed E-state index contributed by atoms with van der Waals surface area (Å²) in [6.45, 7) is 18.9. The fraction of sp³-hybridized carbons (Fsp3) is 0.704. The summed E-state index contributed by atoms with van der Waals surface area (Å²) in [4.78, 5) is 0. The summed E-state index contributed by atoms with van der Waals surface area (Å²) in [6.07, 6.45) is 10.8. The molecule has 1 aromatic rings. The molecule has 0 bridgehead atoms. The normalized spacial score (nSPS) is 14.4. The molecule has 0 radical (unpaired) electrons. The number of hydrogen-bond donors (Lipinski definition) is 0. The van der Waals surface area contributed by atoms with E-state index in [-0.39, 0.29) is 11.1 Å². The van der Waals surface area contributed by atoms with Crippen molar-refractivity contribution in [2.45, 2.75) is 118 Å². The van der Waals surface area contributed by atoms with E-state index >= 15 is 0 Å². The van der Waals surface area contributed by atoms with E-state index < -0.39 is 26.7 Å². The third-order valence-corrected chi connectivity index (χ3v) is 25.6. The van der Waals surface area contributed by atoms with Crippen LogP contribution in [0.3, 0.4) is 0 Å². The van der Waals surface area contributed by atoms with Gasteiger partial charge in [-0.3, -0.25) is 0 Å². The molecular weight excluding hydrogens is 487 g/mol. The zero-order valence-corrected chi connectivity index (χ0v) is 25.2. The standard InChI is InChI=1S/C15H23OSi.3C4H9.Sn/c1-7-14(13-11-9-8-10-12-13)16-17(5,6)15(2,3)4;3*1-3-4-2;/h1,7-12,14H,2-6H3;3*1,3-4H2,2H3;. The third kappa shape index (κ3) is 9.20. The first kappa shape index (κ1) is 28.0. The van der Waals surface area contributed by atoms with E-state index in [1.807, 2.05) is 0 Å². The van der Waals surface area contributed by atoms with Crippen molar-refractivity contribution in [1.29, 1.82) is 0 Å². The van der Waals surface area contributed by atoms with Gasteiger partial charge in [-0.15, -0.1) is 0 Å². The quantitative estimate of drug-likeness (QED) is 0.215. The maximum atomic E-state index is 6.98. The van der Waals surface area contributed by atoms with Gasteiger partial charge in [0, 0.05) is 0 Å². The van der Waals surface area contributed by atoms with Gasteiger partial charge in [0.2, 0.25) is 0 Å². The predicted molar refractivity (Wildman–Crippen MR) is 142 cm³/mol. The van der Waals surface area contributed by atoms with E-state index in [1.165, 1.54) is 57.4 Å². The molecule has 30 heavy (non-hydrogen) atoms. The van der Waals surface area contributed by atoms with Gasteiger partial charge in [0.15, 0.2) is 0 Å². The molecular formula is C27H50OSiSn. The number of benzene rings is 1. The van der Waals surface area contributed by atoms with Crippen LogP contribution in [0.5, 0.6) is 0 Å². The van der Waals surface area contributed by atoms with E-state index in [9.17, 15) is 0 Å². The fourth-order valence-corrected chi connectivity index (χ4v) is 19.3. The van der Waals surface area contributed by atoms with Crippen molar-refractivity contribution in [3.05, 3.63) is 46.1 Å². The fourth-order valence-electron chi connectivity index (χ4n) is 3.86. The van der Waals surface area contributed by atoms with E-state index in [2.05, 4.69) is 95.1 Å². The van der Waals surface area contributed by atoms with Crippen LogP contribution in [0.15, 0.2) is 40.5 Å². The molecule has 0 spiro atoms. The molecule has 0 saturated carbocycles. The van der Waals surface area contributed by atoms with Crippen molar-refractivity contribution in [2.75, 3.05) is 0 Å². The molecule has 1 aromatic carbocycles. The second kappa shape index (κ2) is 13.5. The van der Waals surface area contributed by atoms with E-state index in [1.54, 1.807) is 0 Å². The summed E-state index contributed by atoms with van der Waals surface area (Å²) in [7, 11) is -1.85. The first-order chi connectivity index (χ1) is 14.1. The van der Waals surface area contributed by atoms with Gasteiger partial charge in [-0.25, -0.2) is 0 Å². The third-order valence-electron chi connectivity index (χ3n) is 7.07. The number of rotatable bonds is 14. The van der Waals surface area contributed by atoms with Crippen LogP contribution in [-0.4, -0.2) is 26.7 Å². The van der Waals surface area contributed by atoms with Gasteiger partial charge >= 0.3 is 195 Å². The first-order valence-electron chi connectivity index (χ1n) is 12.5. The number of hydrogen-bond acceptors (Lipinski definition) is 1. The molecule has 0 fully saturated rings. The van der Waals surface area contributed by atoms with Gasteiger partial charge in [-0.05, 0) is 0 Å². The molecule has 0 aliphatic rings. The Labute approximate surface area is 194 Å². The van der Waals surface area contributed by atoms with Crippen LogP contribution in [0, 0.1) is 0 Å². The van der Waals surface area contributed by atoms with Crippen molar-refractivity contribution in [3.63, 3.8) is 0 Å². The van der Waals surface area contributed by atoms with Crippen molar-refractivity contribution >= 4 is 26.7 Å². The minimum atomic E-state index is -2.31. The van der Waals surface area contributed by atoms with E-state index in [0.717, 1.165) is 0 Å². The Morgan fingerprint density at radius 2 is 1.33 bits per heavy atom. The Kier molecular flexibility index (Phi) is 12.6. The summed E-state index contributed by atoms with van der Waals surface area (Å²) in [5.41, 5.74) is 1.32. The van der Waals surface area contributed by atoms with Gasteiger partial charge in [-0.1, -0.05) is 0 Å². The topological polar surface area (TPSA) is 9.23 Å². The summed E-state index contributed by atoms with van der Waals surface area (Å²) >= 11 is -2.31. The van der Waals surface area contributed by atoms with Crippen molar-refractivity contribution in [2.24, 2.45) is 0 Å². The average molecular weight is 537 g/mol. The molecule has 0 N–H and O–H groups in total. The molecule has 172 valence electrons. The Morgan fingerprint density at radius 3 is 1.73 bits per heavy atom. The van der Waals surface area contributed by atoms with Crippen LogP contribution < -0.4 is 0 Å². The molecule has 0 saturated heterocycles. The van der Waals surface area contributed by atoms with Crippen molar-refractivity contribution in [1.82, 2.24) is 0 Å². The Balaban J connectivity index is 3.28. The summed E-state index contributed by atoms with van der Waals surface area (Å²) in [5, 5.41) is 0.223. The predicted octanol–water partition coefficient (Wildman–Crippen LogP) is 9.69. The molecule has 1 atom stereocenters. The van der Waals surface area contributed by atoms with Gasteiger partial charge in [0.05, 0.1) is 0 Å². The average Bonchev–Trinajstić information content (AvgIpc) is 2.71. The van der Waals surface area contributed by atoms with Crippen molar-refractivity contribution in [3.8, 4) is 0 Å². The van der Waals surface area contributed by atoms with Crippen LogP contribution >= 0.6 is 0 Å². The first-order valence-corrected chi connectivity index (χ1v) is 23.1. The Hall–Kier alpha value is -0.0644. The molecule has 0 heterocycles. The molecule has 0 amide bonds. The molecule has 0 aromatic heterocycles. The SMILES string of the molecule is CCC[CH2][Sn](/[CH]=C/C(O[Si](C)(C)C(C)(C)C)c1ccccc1)([CH2]CCC)[CH2]CCC. The second-order valence-corrected chi connectivity index (χ2v) is 28.5. The summed E-state index contributed by atoms with van der Waals surface area (Å²) in [6, 6.07) is 10.9. The Bertz CT molecular complexity index is 581. The maximum absolute atomic E-state index is 6.98. The van der Waals surface area contributed by atoms with Crippen LogP contribution in [0.4, 0.5) is 0 Å². The molecule has 1 nitrogen and oxygen atoms in total. The zero-order chi connectivity index (χ0) is 22.7. The van der Waals surface area contributed by atoms with Crippen LogP contribution in [0.25, 0.3) is 0 Å². The van der Waals surface area contributed by atoms with Gasteiger partial charge in [0.25, 0.3) is 0 Å². The summed E-state index contributed by atoms with van der Waals surface area (Å²) < 4.78 is 14.3. The monoisotopic (exact) mass is 538 g/mol. The van der Waals surface area contributed by atoms with Gasteiger partial charge in [-0.2, -0.15) is 0 Å². The molecule has 1 unspecified atom stereocenters. The van der Waals surface area contributed by atoms with Gasteiger partial charge < -0.3 is 0 Å². The van der Waals surface area contributed by atoms with E-state index in [4.69, 9.17) is 4.43 Å². The van der Waals surface area contributed by atoms with Gasteiger partial charge in [0.1, 0.15) is 0 Å². The second-order valence-electron chi connectivity index (χ2n) is 10.7.